The van der Waals surface area contributed by atoms with E-state index in [1.165, 1.54) is 10.4 Å². The third-order valence-electron chi connectivity index (χ3n) is 3.35. The Hall–Kier alpha value is -0.570. The predicted octanol–water partition coefficient (Wildman–Crippen LogP) is 2.28. The van der Waals surface area contributed by atoms with Crippen molar-refractivity contribution >= 4 is 39.1 Å². The first-order valence-electron chi connectivity index (χ1n) is 6.65. The number of aliphatic carboxylic acids is 1. The number of carboxylic acids is 1. The average Bonchev–Trinajstić information content (AvgIpc) is 2.73. The lowest BCUT2D eigenvalue weighted by atomic mass is 10.1. The summed E-state index contributed by atoms with van der Waals surface area (Å²) in [5.74, 6) is -0.173. The maximum atomic E-state index is 12.6. The molecule has 21 heavy (non-hydrogen) atoms. The fourth-order valence-electron chi connectivity index (χ4n) is 2.11. The normalized spacial score (nSPS) is 20.1. The molecule has 2 heterocycles. The molecule has 0 aromatic carbocycles. The number of carboxylic acid groups (broad SMARTS) is 1. The molecule has 0 amide bonds. The van der Waals surface area contributed by atoms with Crippen molar-refractivity contribution < 1.29 is 18.3 Å². The SMILES string of the molecule is CC1(C)CCN(S(=O)(=O)c2ccc(CC(=O)O)s2)CCS1. The highest BCUT2D eigenvalue weighted by Gasteiger charge is 2.31. The molecule has 1 aromatic heterocycles. The van der Waals surface area contributed by atoms with Crippen LogP contribution in [0.1, 0.15) is 25.1 Å². The van der Waals surface area contributed by atoms with Crippen LogP contribution in [0.5, 0.6) is 0 Å². The van der Waals surface area contributed by atoms with Crippen molar-refractivity contribution in [2.75, 3.05) is 18.8 Å². The van der Waals surface area contributed by atoms with Gasteiger partial charge in [-0.05, 0) is 18.6 Å². The number of hydrogen-bond donors (Lipinski definition) is 1. The average molecular weight is 349 g/mol. The van der Waals surface area contributed by atoms with Gasteiger partial charge in [-0.2, -0.15) is 16.1 Å². The smallest absolute Gasteiger partial charge is 0.308 e. The van der Waals surface area contributed by atoms with Crippen LogP contribution >= 0.6 is 23.1 Å². The first kappa shape index (κ1) is 16.8. The largest absolute Gasteiger partial charge is 0.481 e. The molecule has 1 aromatic rings. The summed E-state index contributed by atoms with van der Waals surface area (Å²) in [6.07, 6.45) is 0.674. The Bertz CT molecular complexity index is 621. The van der Waals surface area contributed by atoms with Crippen molar-refractivity contribution in [2.24, 2.45) is 0 Å². The Morgan fingerprint density at radius 2 is 2.10 bits per heavy atom. The van der Waals surface area contributed by atoms with Gasteiger partial charge in [0.15, 0.2) is 0 Å². The lowest BCUT2D eigenvalue weighted by molar-refractivity contribution is -0.136. The Morgan fingerprint density at radius 1 is 1.38 bits per heavy atom. The molecule has 5 nitrogen and oxygen atoms in total. The zero-order chi connectivity index (χ0) is 15.7. The van der Waals surface area contributed by atoms with Gasteiger partial charge in [-0.25, -0.2) is 8.42 Å². The van der Waals surface area contributed by atoms with Gasteiger partial charge in [0.1, 0.15) is 4.21 Å². The van der Waals surface area contributed by atoms with E-state index in [2.05, 4.69) is 13.8 Å². The molecule has 2 rings (SSSR count). The van der Waals surface area contributed by atoms with E-state index >= 15 is 0 Å². The minimum absolute atomic E-state index is 0.0915. The van der Waals surface area contributed by atoms with E-state index in [1.54, 1.807) is 17.8 Å². The Kier molecular flexibility index (Phi) is 5.02. The van der Waals surface area contributed by atoms with Gasteiger partial charge in [-0.3, -0.25) is 4.79 Å². The van der Waals surface area contributed by atoms with Gasteiger partial charge in [0, 0.05) is 28.5 Å². The molecule has 0 unspecified atom stereocenters. The second-order valence-corrected chi connectivity index (χ2v) is 10.7. The molecule has 0 saturated carbocycles. The summed E-state index contributed by atoms with van der Waals surface area (Å²) in [4.78, 5) is 11.3. The van der Waals surface area contributed by atoms with Gasteiger partial charge >= 0.3 is 5.97 Å². The Labute approximate surface area is 133 Å². The van der Waals surface area contributed by atoms with Gasteiger partial charge in [0.25, 0.3) is 10.0 Å². The van der Waals surface area contributed by atoms with Crippen molar-refractivity contribution in [3.05, 3.63) is 17.0 Å². The lowest BCUT2D eigenvalue weighted by Crippen LogP contribution is -2.33. The van der Waals surface area contributed by atoms with Crippen LogP contribution < -0.4 is 0 Å². The number of thiophene rings is 1. The summed E-state index contributed by atoms with van der Waals surface area (Å²) in [6, 6.07) is 3.10. The van der Waals surface area contributed by atoms with Crippen LogP contribution in [0.4, 0.5) is 0 Å². The van der Waals surface area contributed by atoms with Crippen LogP contribution in [0, 0.1) is 0 Å². The maximum absolute atomic E-state index is 12.6. The molecule has 1 N–H and O–H groups in total. The fraction of sp³-hybridized carbons (Fsp3) is 0.615. The molecule has 8 heteroatoms. The maximum Gasteiger partial charge on any atom is 0.308 e. The molecule has 0 bridgehead atoms. The fourth-order valence-corrected chi connectivity index (χ4v) is 6.27. The quantitative estimate of drug-likeness (QED) is 0.903. The number of rotatable bonds is 4. The molecular formula is C13H19NO4S3. The first-order valence-corrected chi connectivity index (χ1v) is 9.89. The molecule has 1 aliphatic heterocycles. The second kappa shape index (κ2) is 6.28. The number of sulfonamides is 1. The summed E-state index contributed by atoms with van der Waals surface area (Å²) in [5, 5.41) is 8.77. The molecule has 0 spiro atoms. The number of thioether (sulfide) groups is 1. The van der Waals surface area contributed by atoms with E-state index in [0.717, 1.165) is 23.5 Å². The van der Waals surface area contributed by atoms with E-state index in [9.17, 15) is 13.2 Å². The molecular weight excluding hydrogens is 330 g/mol. The predicted molar refractivity (Wildman–Crippen MR) is 85.6 cm³/mol. The van der Waals surface area contributed by atoms with E-state index in [-0.39, 0.29) is 15.4 Å². The van der Waals surface area contributed by atoms with E-state index < -0.39 is 16.0 Å². The van der Waals surface area contributed by atoms with Crippen LogP contribution in [0.2, 0.25) is 0 Å². The van der Waals surface area contributed by atoms with Gasteiger partial charge < -0.3 is 5.11 Å². The summed E-state index contributed by atoms with van der Waals surface area (Å²) in [5.41, 5.74) is 0. The lowest BCUT2D eigenvalue weighted by Gasteiger charge is -2.22. The van der Waals surface area contributed by atoms with Crippen molar-refractivity contribution in [1.29, 1.82) is 0 Å². The van der Waals surface area contributed by atoms with Gasteiger partial charge in [0.2, 0.25) is 0 Å². The summed E-state index contributed by atoms with van der Waals surface area (Å²) in [6.45, 7) is 5.27. The zero-order valence-corrected chi connectivity index (χ0v) is 14.5. The summed E-state index contributed by atoms with van der Waals surface area (Å²) < 4.78 is 27.1. The number of nitrogens with zero attached hydrogens (tertiary/aromatic N) is 1. The van der Waals surface area contributed by atoms with Crippen LogP contribution in [0.25, 0.3) is 0 Å². The second-order valence-electron chi connectivity index (χ2n) is 5.55. The molecule has 0 atom stereocenters. The summed E-state index contributed by atoms with van der Waals surface area (Å²) in [7, 11) is -3.50. The highest BCUT2D eigenvalue weighted by Crippen LogP contribution is 2.33. The topological polar surface area (TPSA) is 74.7 Å². The van der Waals surface area contributed by atoms with Crippen molar-refractivity contribution in [2.45, 2.75) is 35.6 Å². The Balaban J connectivity index is 2.17. The van der Waals surface area contributed by atoms with E-state index in [4.69, 9.17) is 5.11 Å². The zero-order valence-electron chi connectivity index (χ0n) is 12.0. The number of hydrogen-bond acceptors (Lipinski definition) is 5. The van der Waals surface area contributed by atoms with Gasteiger partial charge in [0.05, 0.1) is 6.42 Å². The van der Waals surface area contributed by atoms with Crippen LogP contribution in [0.3, 0.4) is 0 Å². The van der Waals surface area contributed by atoms with Crippen LogP contribution in [-0.2, 0) is 21.2 Å². The minimum Gasteiger partial charge on any atom is -0.481 e. The van der Waals surface area contributed by atoms with Gasteiger partial charge in [-0.1, -0.05) is 13.8 Å². The van der Waals surface area contributed by atoms with Gasteiger partial charge in [-0.15, -0.1) is 11.3 Å². The molecule has 1 saturated heterocycles. The third kappa shape index (κ3) is 4.21. The number of carbonyl (C=O) groups is 1. The molecule has 118 valence electrons. The highest BCUT2D eigenvalue weighted by molar-refractivity contribution is 8.00. The first-order chi connectivity index (χ1) is 9.71. The van der Waals surface area contributed by atoms with Crippen LogP contribution in [0.15, 0.2) is 16.3 Å². The molecule has 0 radical (unpaired) electrons. The minimum atomic E-state index is -3.50. The standard InChI is InChI=1S/C13H19NO4S3/c1-13(2)5-6-14(7-8-19-13)21(17,18)12-4-3-10(20-12)9-11(15)16/h3-4H,5-9H2,1-2H3,(H,15,16). The molecule has 0 aliphatic carbocycles. The monoisotopic (exact) mass is 349 g/mol. The van der Waals surface area contributed by atoms with Crippen molar-refractivity contribution in [3.63, 3.8) is 0 Å². The highest BCUT2D eigenvalue weighted by atomic mass is 32.2. The molecule has 1 aliphatic rings. The summed E-state index contributed by atoms with van der Waals surface area (Å²) >= 11 is 2.84. The third-order valence-corrected chi connectivity index (χ3v) is 8.18. The van der Waals surface area contributed by atoms with Crippen molar-refractivity contribution in [3.8, 4) is 0 Å². The van der Waals surface area contributed by atoms with E-state index in [0.29, 0.717) is 18.0 Å². The molecule has 1 fully saturated rings. The van der Waals surface area contributed by atoms with Crippen LogP contribution in [-0.4, -0.2) is 47.4 Å². The Morgan fingerprint density at radius 3 is 2.76 bits per heavy atom. The van der Waals surface area contributed by atoms with E-state index in [1.807, 2.05) is 0 Å². The van der Waals surface area contributed by atoms with Crippen molar-refractivity contribution in [1.82, 2.24) is 4.31 Å².